The summed E-state index contributed by atoms with van der Waals surface area (Å²) in [7, 11) is -2.03. The monoisotopic (exact) mass is 444 g/mol. The summed E-state index contributed by atoms with van der Waals surface area (Å²) in [5.74, 6) is -0.199. The Kier molecular flexibility index (Phi) is 6.50. The number of carbonyl (C=O) groups is 1. The minimum absolute atomic E-state index is 0.0212. The fraction of sp³-hybridized carbons (Fsp3) is 0.522. The molecule has 2 heterocycles. The average molecular weight is 445 g/mol. The second-order valence-electron chi connectivity index (χ2n) is 8.63. The molecule has 168 valence electrons. The number of benzene rings is 1. The highest BCUT2D eigenvalue weighted by molar-refractivity contribution is 7.89. The van der Waals surface area contributed by atoms with Crippen LogP contribution < -0.4 is 5.32 Å². The van der Waals surface area contributed by atoms with E-state index in [9.17, 15) is 13.2 Å². The molecule has 1 amide bonds. The van der Waals surface area contributed by atoms with Crippen LogP contribution in [0.15, 0.2) is 47.5 Å². The second kappa shape index (κ2) is 9.14. The maximum atomic E-state index is 13.3. The fourth-order valence-electron chi connectivity index (χ4n) is 4.81. The Morgan fingerprint density at radius 3 is 2.61 bits per heavy atom. The number of anilines is 1. The predicted molar refractivity (Wildman–Crippen MR) is 121 cm³/mol. The molecule has 1 N–H and O–H groups in total. The van der Waals surface area contributed by atoms with Gasteiger partial charge in [0.15, 0.2) is 0 Å². The Balaban J connectivity index is 1.48. The first-order valence-electron chi connectivity index (χ1n) is 11.1. The van der Waals surface area contributed by atoms with E-state index in [1.54, 1.807) is 31.3 Å². The predicted octanol–water partition coefficient (Wildman–Crippen LogP) is 3.46. The van der Waals surface area contributed by atoms with E-state index in [4.69, 9.17) is 0 Å². The minimum atomic E-state index is -3.69. The zero-order chi connectivity index (χ0) is 22.0. The molecule has 1 aliphatic carbocycles. The number of hydrogen-bond acceptors (Lipinski definition) is 4. The second-order valence-corrected chi connectivity index (χ2v) is 10.6. The lowest BCUT2D eigenvalue weighted by Gasteiger charge is -2.34. The summed E-state index contributed by atoms with van der Waals surface area (Å²) in [6, 6.07) is 11.0. The molecule has 1 aromatic carbocycles. The molecule has 2 aliphatic rings. The highest BCUT2D eigenvalue weighted by Crippen LogP contribution is 2.30. The molecule has 0 saturated heterocycles. The van der Waals surface area contributed by atoms with E-state index in [2.05, 4.69) is 34.0 Å². The first kappa shape index (κ1) is 22.0. The molecule has 1 aromatic heterocycles. The molecule has 1 unspecified atom stereocenters. The van der Waals surface area contributed by atoms with E-state index in [1.807, 2.05) is 6.07 Å². The van der Waals surface area contributed by atoms with Crippen molar-refractivity contribution in [2.45, 2.75) is 62.6 Å². The van der Waals surface area contributed by atoms with Crippen LogP contribution in [0.1, 0.15) is 50.8 Å². The van der Waals surface area contributed by atoms with Gasteiger partial charge in [0.05, 0.1) is 12.2 Å². The SMILES string of the molecule is CC1c2cccn2CCN1CC(=O)Nc1ccccc1S(=O)(=O)N(C)C1CCCCC1. The first-order valence-corrected chi connectivity index (χ1v) is 12.6. The van der Waals surface area contributed by atoms with E-state index >= 15 is 0 Å². The molecule has 7 nitrogen and oxygen atoms in total. The van der Waals surface area contributed by atoms with Crippen LogP contribution in [0, 0.1) is 0 Å². The van der Waals surface area contributed by atoms with Crippen molar-refractivity contribution in [3.05, 3.63) is 48.3 Å². The zero-order valence-electron chi connectivity index (χ0n) is 18.3. The summed E-state index contributed by atoms with van der Waals surface area (Å²) < 4.78 is 30.4. The third-order valence-corrected chi connectivity index (χ3v) is 8.69. The van der Waals surface area contributed by atoms with Gasteiger partial charge in [-0.2, -0.15) is 4.31 Å². The van der Waals surface area contributed by atoms with Gasteiger partial charge in [-0.25, -0.2) is 8.42 Å². The number of nitrogens with one attached hydrogen (secondary N) is 1. The van der Waals surface area contributed by atoms with Crippen LogP contribution in [0.5, 0.6) is 0 Å². The normalized spacial score (nSPS) is 20.5. The average Bonchev–Trinajstić information content (AvgIpc) is 3.26. The number of fused-ring (bicyclic) bond motifs is 1. The summed E-state index contributed by atoms with van der Waals surface area (Å²) in [6.07, 6.45) is 7.11. The van der Waals surface area contributed by atoms with E-state index < -0.39 is 10.0 Å². The van der Waals surface area contributed by atoms with Gasteiger partial charge in [-0.15, -0.1) is 0 Å². The Morgan fingerprint density at radius 1 is 1.10 bits per heavy atom. The van der Waals surface area contributed by atoms with E-state index in [0.717, 1.165) is 45.2 Å². The molecule has 4 rings (SSSR count). The van der Waals surface area contributed by atoms with Crippen LogP contribution >= 0.6 is 0 Å². The molecule has 0 bridgehead atoms. The van der Waals surface area contributed by atoms with Gasteiger partial charge in [-0.3, -0.25) is 9.69 Å². The summed E-state index contributed by atoms with van der Waals surface area (Å²) >= 11 is 0. The van der Waals surface area contributed by atoms with Crippen molar-refractivity contribution >= 4 is 21.6 Å². The highest BCUT2D eigenvalue weighted by atomic mass is 32.2. The lowest BCUT2D eigenvalue weighted by molar-refractivity contribution is -0.118. The van der Waals surface area contributed by atoms with Crippen molar-refractivity contribution < 1.29 is 13.2 Å². The number of carbonyl (C=O) groups excluding carboxylic acids is 1. The Bertz CT molecular complexity index is 1030. The molecular weight excluding hydrogens is 412 g/mol. The molecular formula is C23H32N4O3S. The Morgan fingerprint density at radius 2 is 1.84 bits per heavy atom. The first-order chi connectivity index (χ1) is 14.9. The third kappa shape index (κ3) is 4.56. The number of aromatic nitrogens is 1. The topological polar surface area (TPSA) is 74.6 Å². The molecule has 2 aromatic rings. The zero-order valence-corrected chi connectivity index (χ0v) is 19.1. The molecule has 1 saturated carbocycles. The van der Waals surface area contributed by atoms with Crippen molar-refractivity contribution in [2.24, 2.45) is 0 Å². The third-order valence-electron chi connectivity index (χ3n) is 6.72. The molecule has 1 aliphatic heterocycles. The number of amides is 1. The number of para-hydroxylation sites is 1. The summed E-state index contributed by atoms with van der Waals surface area (Å²) in [6.45, 7) is 3.94. The standard InChI is InChI=1S/C23H32N4O3S/c1-18-21-12-8-14-26(21)15-16-27(18)17-23(28)24-20-11-6-7-13-22(20)31(29,30)25(2)19-9-4-3-5-10-19/h6-8,11-14,18-19H,3-5,9-10,15-17H2,1-2H3,(H,24,28). The van der Waals surface area contributed by atoms with Crippen molar-refractivity contribution in [1.29, 1.82) is 0 Å². The Labute approximate surface area is 185 Å². The lowest BCUT2D eigenvalue weighted by Crippen LogP contribution is -2.41. The fourth-order valence-corrected chi connectivity index (χ4v) is 6.37. The molecule has 8 heteroatoms. The van der Waals surface area contributed by atoms with Gasteiger partial charge in [-0.05, 0) is 44.0 Å². The van der Waals surface area contributed by atoms with Crippen LogP contribution in [-0.2, 0) is 21.4 Å². The Hall–Kier alpha value is -2.16. The van der Waals surface area contributed by atoms with E-state index in [1.165, 1.54) is 10.00 Å². The van der Waals surface area contributed by atoms with Crippen molar-refractivity contribution in [3.63, 3.8) is 0 Å². The van der Waals surface area contributed by atoms with Crippen molar-refractivity contribution in [2.75, 3.05) is 25.5 Å². The summed E-state index contributed by atoms with van der Waals surface area (Å²) in [5, 5.41) is 2.87. The van der Waals surface area contributed by atoms with Crippen LogP contribution in [0.4, 0.5) is 5.69 Å². The number of rotatable bonds is 6. The number of sulfonamides is 1. The molecule has 0 spiro atoms. The van der Waals surface area contributed by atoms with Gasteiger partial charge in [0.1, 0.15) is 4.90 Å². The van der Waals surface area contributed by atoms with Gasteiger partial charge in [0, 0.05) is 44.1 Å². The van der Waals surface area contributed by atoms with Crippen LogP contribution in [0.3, 0.4) is 0 Å². The molecule has 1 atom stereocenters. The van der Waals surface area contributed by atoms with Crippen molar-refractivity contribution in [1.82, 2.24) is 13.8 Å². The molecule has 1 fully saturated rings. The lowest BCUT2D eigenvalue weighted by atomic mass is 9.96. The smallest absolute Gasteiger partial charge is 0.245 e. The van der Waals surface area contributed by atoms with Gasteiger partial charge in [-0.1, -0.05) is 31.4 Å². The van der Waals surface area contributed by atoms with Gasteiger partial charge in [0.25, 0.3) is 0 Å². The molecule has 0 radical (unpaired) electrons. The van der Waals surface area contributed by atoms with Gasteiger partial charge in [0.2, 0.25) is 15.9 Å². The van der Waals surface area contributed by atoms with Crippen LogP contribution in [-0.4, -0.2) is 54.3 Å². The van der Waals surface area contributed by atoms with Crippen LogP contribution in [0.25, 0.3) is 0 Å². The van der Waals surface area contributed by atoms with E-state index in [-0.39, 0.29) is 29.4 Å². The molecule has 31 heavy (non-hydrogen) atoms. The number of nitrogens with zero attached hydrogens (tertiary/aromatic N) is 3. The van der Waals surface area contributed by atoms with E-state index in [0.29, 0.717) is 5.69 Å². The summed E-state index contributed by atoms with van der Waals surface area (Å²) in [5.41, 5.74) is 1.54. The largest absolute Gasteiger partial charge is 0.349 e. The maximum absolute atomic E-state index is 13.3. The minimum Gasteiger partial charge on any atom is -0.349 e. The van der Waals surface area contributed by atoms with Crippen LogP contribution in [0.2, 0.25) is 0 Å². The van der Waals surface area contributed by atoms with Gasteiger partial charge < -0.3 is 9.88 Å². The summed E-state index contributed by atoms with van der Waals surface area (Å²) in [4.78, 5) is 15.1. The highest BCUT2D eigenvalue weighted by Gasteiger charge is 2.31. The maximum Gasteiger partial charge on any atom is 0.245 e. The van der Waals surface area contributed by atoms with Crippen molar-refractivity contribution in [3.8, 4) is 0 Å². The number of hydrogen-bond donors (Lipinski definition) is 1. The van der Waals surface area contributed by atoms with Gasteiger partial charge >= 0.3 is 0 Å². The quantitative estimate of drug-likeness (QED) is 0.741.